The van der Waals surface area contributed by atoms with E-state index < -0.39 is 0 Å². The van der Waals surface area contributed by atoms with Crippen LogP contribution in [0.15, 0.2) is 27.1 Å². The van der Waals surface area contributed by atoms with Gasteiger partial charge in [-0.15, -0.1) is 10.2 Å². The number of aromatic nitrogens is 2. The molecule has 0 aliphatic carbocycles. The molecule has 0 saturated heterocycles. The van der Waals surface area contributed by atoms with Gasteiger partial charge in [0.25, 0.3) is 0 Å². The van der Waals surface area contributed by atoms with Crippen molar-refractivity contribution in [3.8, 4) is 17.2 Å². The van der Waals surface area contributed by atoms with Gasteiger partial charge in [0, 0.05) is 10.0 Å². The van der Waals surface area contributed by atoms with Gasteiger partial charge in [-0.05, 0) is 54.9 Å². The lowest BCUT2D eigenvalue weighted by Gasteiger charge is -2.18. The third kappa shape index (κ3) is 3.80. The second kappa shape index (κ2) is 5.93. The van der Waals surface area contributed by atoms with Crippen molar-refractivity contribution in [2.45, 2.75) is 32.9 Å². The van der Waals surface area contributed by atoms with E-state index in [4.69, 9.17) is 9.15 Å². The van der Waals surface area contributed by atoms with Crippen LogP contribution in [-0.4, -0.2) is 22.8 Å². The maximum Gasteiger partial charge on any atom is 0.249 e. The van der Waals surface area contributed by atoms with Gasteiger partial charge in [-0.25, -0.2) is 0 Å². The normalized spacial score (nSPS) is 11.7. The van der Waals surface area contributed by atoms with Crippen LogP contribution >= 0.6 is 15.9 Å². The van der Waals surface area contributed by atoms with E-state index in [9.17, 15) is 0 Å². The second-order valence-corrected chi connectivity index (χ2v) is 6.30. The van der Waals surface area contributed by atoms with Crippen LogP contribution < -0.4 is 10.1 Å². The smallest absolute Gasteiger partial charge is 0.249 e. The van der Waals surface area contributed by atoms with Gasteiger partial charge in [-0.3, -0.25) is 0 Å². The van der Waals surface area contributed by atoms with Gasteiger partial charge in [-0.2, -0.15) is 0 Å². The standard InChI is InChI=1S/C14H18BrN3O2/c1-14(2,3)16-8-12-17-18-13(20-12)10-7-9(19-4)5-6-11(10)15/h5-7,16H,8H2,1-4H3. The Morgan fingerprint density at radius 1 is 1.30 bits per heavy atom. The van der Waals surface area contributed by atoms with Crippen LogP contribution in [0.4, 0.5) is 0 Å². The fraction of sp³-hybridized carbons (Fsp3) is 0.429. The van der Waals surface area contributed by atoms with Gasteiger partial charge in [0.2, 0.25) is 11.8 Å². The fourth-order valence-electron chi connectivity index (χ4n) is 1.57. The summed E-state index contributed by atoms with van der Waals surface area (Å²) in [4.78, 5) is 0. The number of benzene rings is 1. The lowest BCUT2D eigenvalue weighted by atomic mass is 10.1. The van der Waals surface area contributed by atoms with E-state index in [0.717, 1.165) is 15.8 Å². The summed E-state index contributed by atoms with van der Waals surface area (Å²) in [5.41, 5.74) is 0.824. The Morgan fingerprint density at radius 2 is 2.05 bits per heavy atom. The maximum absolute atomic E-state index is 5.68. The highest BCUT2D eigenvalue weighted by molar-refractivity contribution is 9.10. The number of ether oxygens (including phenoxy) is 1. The minimum Gasteiger partial charge on any atom is -0.497 e. The van der Waals surface area contributed by atoms with Gasteiger partial charge < -0.3 is 14.5 Å². The topological polar surface area (TPSA) is 60.2 Å². The number of nitrogens with one attached hydrogen (secondary N) is 1. The van der Waals surface area contributed by atoms with Crippen molar-refractivity contribution in [1.82, 2.24) is 15.5 Å². The van der Waals surface area contributed by atoms with Gasteiger partial charge in [0.1, 0.15) is 5.75 Å². The molecule has 2 aromatic rings. The van der Waals surface area contributed by atoms with Crippen molar-refractivity contribution in [1.29, 1.82) is 0 Å². The Bertz CT molecular complexity index is 590. The average molecular weight is 340 g/mol. The van der Waals surface area contributed by atoms with Crippen LogP contribution in [0, 0.1) is 0 Å². The molecule has 2 rings (SSSR count). The molecule has 108 valence electrons. The summed E-state index contributed by atoms with van der Waals surface area (Å²) >= 11 is 3.48. The molecule has 0 atom stereocenters. The Hall–Kier alpha value is -1.40. The van der Waals surface area contributed by atoms with E-state index in [1.165, 1.54) is 0 Å². The summed E-state index contributed by atoms with van der Waals surface area (Å²) in [6.07, 6.45) is 0. The monoisotopic (exact) mass is 339 g/mol. The molecule has 20 heavy (non-hydrogen) atoms. The molecule has 1 heterocycles. The Balaban J connectivity index is 2.20. The van der Waals surface area contributed by atoms with Crippen LogP contribution in [0.2, 0.25) is 0 Å². The highest BCUT2D eigenvalue weighted by Gasteiger charge is 2.15. The molecule has 0 spiro atoms. The van der Waals surface area contributed by atoms with Crippen molar-refractivity contribution in [3.63, 3.8) is 0 Å². The summed E-state index contributed by atoms with van der Waals surface area (Å²) < 4.78 is 11.8. The maximum atomic E-state index is 5.68. The number of hydrogen-bond acceptors (Lipinski definition) is 5. The van der Waals surface area contributed by atoms with Crippen molar-refractivity contribution in [2.24, 2.45) is 0 Å². The van der Waals surface area contributed by atoms with Gasteiger partial charge >= 0.3 is 0 Å². The summed E-state index contributed by atoms with van der Waals surface area (Å²) in [7, 11) is 1.62. The first kappa shape index (κ1) is 15.0. The van der Waals surface area contributed by atoms with E-state index >= 15 is 0 Å². The van der Waals surface area contributed by atoms with E-state index in [1.807, 2.05) is 18.2 Å². The van der Waals surface area contributed by atoms with Crippen LogP contribution in [-0.2, 0) is 6.54 Å². The van der Waals surface area contributed by atoms with E-state index in [0.29, 0.717) is 18.3 Å². The van der Waals surface area contributed by atoms with Crippen LogP contribution in [0.1, 0.15) is 26.7 Å². The zero-order valence-corrected chi connectivity index (χ0v) is 13.6. The molecule has 0 amide bonds. The number of nitrogens with zero attached hydrogens (tertiary/aromatic N) is 2. The first-order chi connectivity index (χ1) is 9.39. The third-order valence-electron chi connectivity index (χ3n) is 2.64. The number of rotatable bonds is 4. The summed E-state index contributed by atoms with van der Waals surface area (Å²) in [6, 6.07) is 5.62. The molecule has 0 fully saturated rings. The van der Waals surface area contributed by atoms with Gasteiger partial charge in [0.15, 0.2) is 0 Å². The first-order valence-electron chi connectivity index (χ1n) is 6.30. The third-order valence-corrected chi connectivity index (χ3v) is 3.33. The summed E-state index contributed by atoms with van der Waals surface area (Å²) in [5.74, 6) is 1.78. The Kier molecular flexibility index (Phi) is 4.45. The minimum absolute atomic E-state index is 0.00514. The zero-order valence-electron chi connectivity index (χ0n) is 12.0. The van der Waals surface area contributed by atoms with E-state index in [2.05, 4.69) is 52.2 Å². The van der Waals surface area contributed by atoms with Gasteiger partial charge in [0.05, 0.1) is 19.2 Å². The minimum atomic E-state index is 0.00514. The molecule has 0 radical (unpaired) electrons. The average Bonchev–Trinajstić information content (AvgIpc) is 2.85. The van der Waals surface area contributed by atoms with E-state index in [-0.39, 0.29) is 5.54 Å². The molecule has 0 aliphatic heterocycles. The molecular weight excluding hydrogens is 322 g/mol. The molecule has 0 unspecified atom stereocenters. The summed E-state index contributed by atoms with van der Waals surface area (Å²) in [5, 5.41) is 11.4. The second-order valence-electron chi connectivity index (χ2n) is 5.45. The van der Waals surface area contributed by atoms with Crippen molar-refractivity contribution < 1.29 is 9.15 Å². The zero-order chi connectivity index (χ0) is 14.8. The number of halogens is 1. The molecule has 5 nitrogen and oxygen atoms in total. The molecule has 0 saturated carbocycles. The SMILES string of the molecule is COc1ccc(Br)c(-c2nnc(CNC(C)(C)C)o2)c1. The summed E-state index contributed by atoms with van der Waals surface area (Å²) in [6.45, 7) is 6.80. The number of methoxy groups -OCH3 is 1. The highest BCUT2D eigenvalue weighted by atomic mass is 79.9. The van der Waals surface area contributed by atoms with Gasteiger partial charge in [-0.1, -0.05) is 0 Å². The molecule has 1 aromatic heterocycles. The molecule has 1 aromatic carbocycles. The molecule has 0 aliphatic rings. The van der Waals surface area contributed by atoms with E-state index in [1.54, 1.807) is 7.11 Å². The Morgan fingerprint density at radius 3 is 2.70 bits per heavy atom. The molecule has 6 heteroatoms. The number of hydrogen-bond donors (Lipinski definition) is 1. The Labute approximate surface area is 126 Å². The lowest BCUT2D eigenvalue weighted by molar-refractivity contribution is 0.383. The predicted molar refractivity (Wildman–Crippen MR) is 80.6 cm³/mol. The highest BCUT2D eigenvalue weighted by Crippen LogP contribution is 2.30. The van der Waals surface area contributed by atoms with Crippen molar-refractivity contribution in [2.75, 3.05) is 7.11 Å². The fourth-order valence-corrected chi connectivity index (χ4v) is 1.99. The molecule has 1 N–H and O–H groups in total. The largest absolute Gasteiger partial charge is 0.497 e. The van der Waals surface area contributed by atoms with Crippen LogP contribution in [0.5, 0.6) is 5.75 Å². The first-order valence-corrected chi connectivity index (χ1v) is 7.09. The lowest BCUT2D eigenvalue weighted by Crippen LogP contribution is -2.35. The van der Waals surface area contributed by atoms with Crippen LogP contribution in [0.25, 0.3) is 11.5 Å². The molecular formula is C14H18BrN3O2. The molecule has 0 bridgehead atoms. The van der Waals surface area contributed by atoms with Crippen LogP contribution in [0.3, 0.4) is 0 Å². The predicted octanol–water partition coefficient (Wildman–Crippen LogP) is 3.40. The quantitative estimate of drug-likeness (QED) is 0.924. The van der Waals surface area contributed by atoms with Crippen molar-refractivity contribution in [3.05, 3.63) is 28.6 Å². The van der Waals surface area contributed by atoms with Crippen molar-refractivity contribution >= 4 is 15.9 Å².